The maximum Gasteiger partial charge on any atom is 0.119 e. The summed E-state index contributed by atoms with van der Waals surface area (Å²) in [6.07, 6.45) is 1.68. The Hall–Kier alpha value is -1.81. The lowest BCUT2D eigenvalue weighted by Crippen LogP contribution is -2.36. The molecule has 0 bridgehead atoms. The van der Waals surface area contributed by atoms with Crippen LogP contribution in [0.15, 0.2) is 30.3 Å². The molecule has 0 fully saturated rings. The van der Waals surface area contributed by atoms with Crippen LogP contribution in [0.5, 0.6) is 5.75 Å². The van der Waals surface area contributed by atoms with Gasteiger partial charge in [0.1, 0.15) is 5.75 Å². The summed E-state index contributed by atoms with van der Waals surface area (Å²) in [6.45, 7) is 4.15. The van der Waals surface area contributed by atoms with Crippen LogP contribution in [0.25, 0.3) is 0 Å². The van der Waals surface area contributed by atoms with Crippen LogP contribution in [-0.4, -0.2) is 16.9 Å². The van der Waals surface area contributed by atoms with Crippen molar-refractivity contribution in [2.24, 2.45) is 12.8 Å². The van der Waals surface area contributed by atoms with Crippen LogP contribution in [0.3, 0.4) is 0 Å². The highest BCUT2D eigenvalue weighted by Gasteiger charge is 2.24. The summed E-state index contributed by atoms with van der Waals surface area (Å²) in [5, 5.41) is 4.48. The molecule has 2 rings (SSSR count). The Bertz CT molecular complexity index is 587. The Morgan fingerprint density at radius 2 is 2.10 bits per heavy atom. The molecule has 0 aliphatic rings. The zero-order chi connectivity index (χ0) is 14.8. The summed E-state index contributed by atoms with van der Waals surface area (Å²) < 4.78 is 7.19. The molecule has 0 saturated heterocycles. The SMILES string of the molecule is CCc1cc(CC(C)(N)c2cccc(OC)c2)n(C)n1. The largest absolute Gasteiger partial charge is 0.497 e. The molecule has 2 N–H and O–H groups in total. The fourth-order valence-corrected chi connectivity index (χ4v) is 2.37. The smallest absolute Gasteiger partial charge is 0.119 e. The van der Waals surface area contributed by atoms with Crippen molar-refractivity contribution in [3.8, 4) is 5.75 Å². The number of aromatic nitrogens is 2. The number of benzene rings is 1. The van der Waals surface area contributed by atoms with Gasteiger partial charge in [-0.25, -0.2) is 0 Å². The van der Waals surface area contributed by atoms with Gasteiger partial charge in [-0.3, -0.25) is 4.68 Å². The second-order valence-corrected chi connectivity index (χ2v) is 5.43. The summed E-state index contributed by atoms with van der Waals surface area (Å²) in [6, 6.07) is 10.1. The van der Waals surface area contributed by atoms with Gasteiger partial charge in [0.25, 0.3) is 0 Å². The average molecular weight is 273 g/mol. The van der Waals surface area contributed by atoms with Crippen LogP contribution in [0, 0.1) is 0 Å². The highest BCUT2D eigenvalue weighted by atomic mass is 16.5. The Morgan fingerprint density at radius 3 is 2.70 bits per heavy atom. The van der Waals surface area contributed by atoms with Gasteiger partial charge >= 0.3 is 0 Å². The number of hydrogen-bond acceptors (Lipinski definition) is 3. The Balaban J connectivity index is 2.27. The van der Waals surface area contributed by atoms with Crippen LogP contribution in [-0.2, 0) is 25.4 Å². The van der Waals surface area contributed by atoms with Crippen molar-refractivity contribution in [3.63, 3.8) is 0 Å². The van der Waals surface area contributed by atoms with Crippen LogP contribution in [0.1, 0.15) is 30.8 Å². The third kappa shape index (κ3) is 3.02. The molecule has 108 valence electrons. The number of nitrogens with two attached hydrogens (primary N) is 1. The molecule has 1 aromatic heterocycles. The van der Waals surface area contributed by atoms with Gasteiger partial charge in [0, 0.05) is 24.7 Å². The van der Waals surface area contributed by atoms with Crippen molar-refractivity contribution in [3.05, 3.63) is 47.3 Å². The van der Waals surface area contributed by atoms with Gasteiger partial charge in [0.15, 0.2) is 0 Å². The number of ether oxygens (including phenoxy) is 1. The number of hydrogen-bond donors (Lipinski definition) is 1. The maximum atomic E-state index is 6.52. The Morgan fingerprint density at radius 1 is 1.35 bits per heavy atom. The molecule has 1 aromatic carbocycles. The summed E-state index contributed by atoms with van der Waals surface area (Å²) in [5.74, 6) is 0.832. The van der Waals surface area contributed by atoms with Crippen LogP contribution < -0.4 is 10.5 Å². The second-order valence-electron chi connectivity index (χ2n) is 5.43. The van der Waals surface area contributed by atoms with E-state index in [4.69, 9.17) is 10.5 Å². The number of nitrogens with zero attached hydrogens (tertiary/aromatic N) is 2. The van der Waals surface area contributed by atoms with E-state index in [1.165, 1.54) is 0 Å². The van der Waals surface area contributed by atoms with E-state index in [-0.39, 0.29) is 0 Å². The number of aryl methyl sites for hydroxylation is 2. The minimum Gasteiger partial charge on any atom is -0.497 e. The predicted molar refractivity (Wildman–Crippen MR) is 80.8 cm³/mol. The molecule has 4 heteroatoms. The van der Waals surface area contributed by atoms with Gasteiger partial charge in [-0.15, -0.1) is 0 Å². The zero-order valence-corrected chi connectivity index (χ0v) is 12.7. The molecule has 0 radical (unpaired) electrons. The van der Waals surface area contributed by atoms with Crippen molar-refractivity contribution in [1.82, 2.24) is 9.78 Å². The van der Waals surface area contributed by atoms with Gasteiger partial charge < -0.3 is 10.5 Å². The van der Waals surface area contributed by atoms with E-state index in [0.717, 1.165) is 35.5 Å². The van der Waals surface area contributed by atoms with E-state index in [2.05, 4.69) is 18.1 Å². The quantitative estimate of drug-likeness (QED) is 0.910. The van der Waals surface area contributed by atoms with E-state index in [1.807, 2.05) is 42.9 Å². The lowest BCUT2D eigenvalue weighted by Gasteiger charge is -2.25. The third-order valence-corrected chi connectivity index (χ3v) is 3.67. The second kappa shape index (κ2) is 5.67. The van der Waals surface area contributed by atoms with Crippen molar-refractivity contribution in [1.29, 1.82) is 0 Å². The molecule has 1 atom stereocenters. The Labute approximate surface area is 120 Å². The predicted octanol–water partition coefficient (Wildman–Crippen LogP) is 2.41. The first-order chi connectivity index (χ1) is 9.46. The molecule has 0 saturated carbocycles. The molecular weight excluding hydrogens is 250 g/mol. The van der Waals surface area contributed by atoms with Gasteiger partial charge in [-0.05, 0) is 37.1 Å². The first kappa shape index (κ1) is 14.6. The topological polar surface area (TPSA) is 53.1 Å². The first-order valence-corrected chi connectivity index (χ1v) is 6.91. The first-order valence-electron chi connectivity index (χ1n) is 6.91. The fraction of sp³-hybridized carbons (Fsp3) is 0.438. The molecule has 1 heterocycles. The lowest BCUT2D eigenvalue weighted by atomic mass is 9.88. The van der Waals surface area contributed by atoms with Gasteiger partial charge in [0.2, 0.25) is 0 Å². The summed E-state index contributed by atoms with van der Waals surface area (Å²) >= 11 is 0. The standard InChI is InChI=1S/C16H23N3O/c1-5-13-10-14(19(3)18-13)11-16(2,17)12-7-6-8-15(9-12)20-4/h6-10H,5,11,17H2,1-4H3. The van der Waals surface area contributed by atoms with E-state index in [1.54, 1.807) is 7.11 Å². The van der Waals surface area contributed by atoms with Crippen LogP contribution >= 0.6 is 0 Å². The van der Waals surface area contributed by atoms with Gasteiger partial charge in [-0.1, -0.05) is 19.1 Å². The molecule has 0 aliphatic carbocycles. The molecule has 0 amide bonds. The minimum absolute atomic E-state index is 0.451. The molecule has 20 heavy (non-hydrogen) atoms. The van der Waals surface area contributed by atoms with Crippen molar-refractivity contribution >= 4 is 0 Å². The van der Waals surface area contributed by atoms with E-state index < -0.39 is 5.54 Å². The van der Waals surface area contributed by atoms with Crippen molar-refractivity contribution < 1.29 is 4.74 Å². The third-order valence-electron chi connectivity index (χ3n) is 3.67. The maximum absolute atomic E-state index is 6.52. The van der Waals surface area contributed by atoms with Crippen molar-refractivity contribution in [2.75, 3.05) is 7.11 Å². The molecular formula is C16H23N3O. The van der Waals surface area contributed by atoms with Crippen LogP contribution in [0.2, 0.25) is 0 Å². The van der Waals surface area contributed by atoms with Gasteiger partial charge in [-0.2, -0.15) is 5.10 Å². The van der Waals surface area contributed by atoms with Crippen LogP contribution in [0.4, 0.5) is 0 Å². The van der Waals surface area contributed by atoms with Gasteiger partial charge in [0.05, 0.1) is 12.8 Å². The Kier molecular flexibility index (Phi) is 4.14. The minimum atomic E-state index is -0.451. The molecule has 1 unspecified atom stereocenters. The summed E-state index contributed by atoms with van der Waals surface area (Å²) in [7, 11) is 3.64. The summed E-state index contributed by atoms with van der Waals surface area (Å²) in [4.78, 5) is 0. The normalized spacial score (nSPS) is 14.1. The monoisotopic (exact) mass is 273 g/mol. The van der Waals surface area contributed by atoms with E-state index in [0.29, 0.717) is 0 Å². The fourth-order valence-electron chi connectivity index (χ4n) is 2.37. The molecule has 0 spiro atoms. The summed E-state index contributed by atoms with van der Waals surface area (Å²) in [5.41, 5.74) is 9.38. The number of methoxy groups -OCH3 is 1. The zero-order valence-electron chi connectivity index (χ0n) is 12.7. The van der Waals surface area contributed by atoms with Crippen molar-refractivity contribution in [2.45, 2.75) is 32.2 Å². The molecule has 2 aromatic rings. The molecule has 4 nitrogen and oxygen atoms in total. The number of rotatable bonds is 5. The molecule has 0 aliphatic heterocycles. The average Bonchev–Trinajstić information content (AvgIpc) is 2.79. The highest BCUT2D eigenvalue weighted by molar-refractivity contribution is 5.34. The van der Waals surface area contributed by atoms with E-state index >= 15 is 0 Å². The highest BCUT2D eigenvalue weighted by Crippen LogP contribution is 2.26. The lowest BCUT2D eigenvalue weighted by molar-refractivity contribution is 0.409. The van der Waals surface area contributed by atoms with E-state index in [9.17, 15) is 0 Å².